The van der Waals surface area contributed by atoms with E-state index in [4.69, 9.17) is 23.2 Å². The second-order valence-electron chi connectivity index (χ2n) is 2.57. The zero-order chi connectivity index (χ0) is 11.0. The summed E-state index contributed by atoms with van der Waals surface area (Å²) >= 11 is 18.8. The quantitative estimate of drug-likeness (QED) is 0.471. The van der Waals surface area contributed by atoms with Gasteiger partial charge in [0.15, 0.2) is 5.82 Å². The fourth-order valence-electron chi connectivity index (χ4n) is 0.935. The van der Waals surface area contributed by atoms with Crippen LogP contribution in [0.3, 0.4) is 0 Å². The van der Waals surface area contributed by atoms with E-state index in [-0.39, 0.29) is 0 Å². The molecular formula is C8H2BrCl2IN2S. The Labute approximate surface area is 122 Å². The Kier molecular flexibility index (Phi) is 3.88. The van der Waals surface area contributed by atoms with Crippen molar-refractivity contribution in [2.75, 3.05) is 0 Å². The van der Waals surface area contributed by atoms with Gasteiger partial charge in [-0.3, -0.25) is 0 Å². The summed E-state index contributed by atoms with van der Waals surface area (Å²) in [7, 11) is 0. The van der Waals surface area contributed by atoms with Crippen LogP contribution in [0.25, 0.3) is 10.7 Å². The monoisotopic (exact) mass is 434 g/mol. The van der Waals surface area contributed by atoms with Gasteiger partial charge in [-0.25, -0.2) is 9.97 Å². The first-order valence-electron chi connectivity index (χ1n) is 3.71. The molecule has 0 aliphatic carbocycles. The summed E-state index contributed by atoms with van der Waals surface area (Å²) in [4.78, 5) is 9.27. The predicted octanol–water partition coefficient (Wildman–Crippen LogP) is 4.88. The van der Waals surface area contributed by atoms with E-state index >= 15 is 0 Å². The lowest BCUT2D eigenvalue weighted by molar-refractivity contribution is 1.17. The van der Waals surface area contributed by atoms with Gasteiger partial charge in [-0.05, 0) is 44.6 Å². The van der Waals surface area contributed by atoms with Crippen LogP contribution in [0, 0.1) is 3.57 Å². The van der Waals surface area contributed by atoms with Crippen LogP contribution in [0.15, 0.2) is 15.9 Å². The molecule has 2 aromatic rings. The van der Waals surface area contributed by atoms with Crippen LogP contribution >= 0.6 is 73.1 Å². The fourth-order valence-corrected chi connectivity index (χ4v) is 2.92. The largest absolute Gasteiger partial charge is 0.214 e. The Hall–Kier alpha value is 0.570. The summed E-state index contributed by atoms with van der Waals surface area (Å²) in [6.07, 6.45) is 0. The number of aromatic nitrogens is 2. The first kappa shape index (κ1) is 12.0. The summed E-state index contributed by atoms with van der Waals surface area (Å²) in [6, 6.07) is 1.93. The SMILES string of the molecule is Clc1nc(-c2cc(Br)cs2)nc(Cl)c1I. The molecule has 0 aromatic carbocycles. The molecule has 2 aromatic heterocycles. The summed E-state index contributed by atoms with van der Waals surface area (Å²) in [5, 5.41) is 2.73. The van der Waals surface area contributed by atoms with Crippen molar-refractivity contribution >= 4 is 73.1 Å². The van der Waals surface area contributed by atoms with Crippen molar-refractivity contribution in [1.82, 2.24) is 9.97 Å². The van der Waals surface area contributed by atoms with Gasteiger partial charge in [-0.15, -0.1) is 11.3 Å². The van der Waals surface area contributed by atoms with Gasteiger partial charge in [0.1, 0.15) is 10.3 Å². The Bertz CT molecular complexity index is 494. The lowest BCUT2D eigenvalue weighted by atomic mass is 10.4. The first-order chi connectivity index (χ1) is 7.08. The van der Waals surface area contributed by atoms with Crippen molar-refractivity contribution < 1.29 is 0 Å². The minimum Gasteiger partial charge on any atom is -0.214 e. The van der Waals surface area contributed by atoms with Gasteiger partial charge < -0.3 is 0 Å². The van der Waals surface area contributed by atoms with E-state index in [1.54, 1.807) is 0 Å². The van der Waals surface area contributed by atoms with Gasteiger partial charge in [0.05, 0.1) is 8.45 Å². The van der Waals surface area contributed by atoms with E-state index in [1.165, 1.54) is 11.3 Å². The van der Waals surface area contributed by atoms with Gasteiger partial charge in [0.2, 0.25) is 0 Å². The normalized spacial score (nSPS) is 10.7. The average molecular weight is 436 g/mol. The minimum atomic E-state index is 0.384. The molecule has 15 heavy (non-hydrogen) atoms. The zero-order valence-corrected chi connectivity index (χ0v) is 13.0. The highest BCUT2D eigenvalue weighted by Crippen LogP contribution is 2.31. The van der Waals surface area contributed by atoms with E-state index in [1.807, 2.05) is 34.0 Å². The molecule has 0 bridgehead atoms. The third kappa shape index (κ3) is 2.63. The van der Waals surface area contributed by atoms with E-state index < -0.39 is 0 Å². The van der Waals surface area contributed by atoms with Crippen LogP contribution in [0.2, 0.25) is 10.3 Å². The van der Waals surface area contributed by atoms with E-state index in [9.17, 15) is 0 Å². The molecule has 0 atom stereocenters. The Morgan fingerprint density at radius 2 is 1.87 bits per heavy atom. The topological polar surface area (TPSA) is 25.8 Å². The lowest BCUT2D eigenvalue weighted by Gasteiger charge is -2.00. The van der Waals surface area contributed by atoms with E-state index in [2.05, 4.69) is 25.9 Å². The first-order valence-corrected chi connectivity index (χ1v) is 7.21. The standard InChI is InChI=1S/C8H2BrCl2IN2S/c9-3-1-4(15-2-3)8-13-6(10)5(12)7(11)14-8/h1-2H. The van der Waals surface area contributed by atoms with Gasteiger partial charge >= 0.3 is 0 Å². The van der Waals surface area contributed by atoms with Crippen molar-refractivity contribution in [2.45, 2.75) is 0 Å². The lowest BCUT2D eigenvalue weighted by Crippen LogP contribution is -1.91. The van der Waals surface area contributed by atoms with E-state index in [0.29, 0.717) is 19.7 Å². The molecule has 0 unspecified atom stereocenters. The molecular weight excluding hydrogens is 434 g/mol. The number of hydrogen-bond acceptors (Lipinski definition) is 3. The van der Waals surface area contributed by atoms with Crippen LogP contribution in [0.4, 0.5) is 0 Å². The van der Waals surface area contributed by atoms with Crippen LogP contribution in [-0.4, -0.2) is 9.97 Å². The molecule has 0 saturated heterocycles. The molecule has 2 heterocycles. The summed E-state index contributed by atoms with van der Waals surface area (Å²) in [6.45, 7) is 0. The van der Waals surface area contributed by atoms with Crippen molar-refractivity contribution in [3.63, 3.8) is 0 Å². The molecule has 0 N–H and O–H groups in total. The molecule has 0 amide bonds. The summed E-state index contributed by atoms with van der Waals surface area (Å²) < 4.78 is 1.67. The van der Waals surface area contributed by atoms with Gasteiger partial charge in [0.25, 0.3) is 0 Å². The highest BCUT2D eigenvalue weighted by Gasteiger charge is 2.11. The number of hydrogen-bond donors (Lipinski definition) is 0. The molecule has 2 nitrogen and oxygen atoms in total. The summed E-state index contributed by atoms with van der Waals surface area (Å²) in [5.74, 6) is 0.557. The Morgan fingerprint density at radius 1 is 1.27 bits per heavy atom. The molecule has 78 valence electrons. The van der Waals surface area contributed by atoms with E-state index in [0.717, 1.165) is 9.35 Å². The summed E-state index contributed by atoms with van der Waals surface area (Å²) in [5.41, 5.74) is 0. The van der Waals surface area contributed by atoms with Gasteiger partial charge in [0, 0.05) is 9.85 Å². The second kappa shape index (κ2) is 4.83. The Balaban J connectivity index is 2.55. The number of nitrogens with zero attached hydrogens (tertiary/aromatic N) is 2. The minimum absolute atomic E-state index is 0.384. The van der Waals surface area contributed by atoms with Gasteiger partial charge in [-0.2, -0.15) is 0 Å². The molecule has 2 rings (SSSR count). The van der Waals surface area contributed by atoms with Crippen LogP contribution in [0.5, 0.6) is 0 Å². The predicted molar refractivity (Wildman–Crippen MR) is 75.8 cm³/mol. The van der Waals surface area contributed by atoms with Crippen molar-refractivity contribution in [3.8, 4) is 10.7 Å². The zero-order valence-electron chi connectivity index (χ0n) is 6.97. The molecule has 0 saturated carbocycles. The van der Waals surface area contributed by atoms with Crippen molar-refractivity contribution in [2.24, 2.45) is 0 Å². The fraction of sp³-hybridized carbons (Fsp3) is 0. The highest BCUT2D eigenvalue weighted by atomic mass is 127. The molecule has 0 fully saturated rings. The van der Waals surface area contributed by atoms with Crippen LogP contribution in [0.1, 0.15) is 0 Å². The third-order valence-corrected chi connectivity index (χ3v) is 5.45. The average Bonchev–Trinajstić information content (AvgIpc) is 2.60. The maximum absolute atomic E-state index is 5.93. The Morgan fingerprint density at radius 3 is 2.33 bits per heavy atom. The molecule has 0 radical (unpaired) electrons. The maximum atomic E-state index is 5.93. The highest BCUT2D eigenvalue weighted by molar-refractivity contribution is 14.1. The number of halogens is 4. The molecule has 0 aliphatic heterocycles. The maximum Gasteiger partial charge on any atom is 0.172 e. The van der Waals surface area contributed by atoms with Gasteiger partial charge in [-0.1, -0.05) is 23.2 Å². The van der Waals surface area contributed by atoms with Crippen molar-refractivity contribution in [1.29, 1.82) is 0 Å². The van der Waals surface area contributed by atoms with Crippen LogP contribution in [-0.2, 0) is 0 Å². The van der Waals surface area contributed by atoms with Crippen molar-refractivity contribution in [3.05, 3.63) is 29.8 Å². The molecule has 0 aliphatic rings. The molecule has 7 heteroatoms. The van der Waals surface area contributed by atoms with Crippen LogP contribution < -0.4 is 0 Å². The number of rotatable bonds is 1. The smallest absolute Gasteiger partial charge is 0.172 e. The second-order valence-corrected chi connectivity index (χ2v) is 6.19. The number of thiophene rings is 1. The third-order valence-electron chi connectivity index (χ3n) is 1.56. The molecule has 0 spiro atoms.